The normalized spacial score (nSPS) is 25.2. The van der Waals surface area contributed by atoms with Gasteiger partial charge in [0.15, 0.2) is 6.29 Å². The number of halogens is 2. The van der Waals surface area contributed by atoms with E-state index in [1.165, 1.54) is 12.8 Å². The van der Waals surface area contributed by atoms with Gasteiger partial charge in [-0.1, -0.05) is 29.3 Å². The summed E-state index contributed by atoms with van der Waals surface area (Å²) in [6, 6.07) is 5.72. The molecular weight excluding hydrogens is 297 g/mol. The first kappa shape index (κ1) is 14.6. The summed E-state index contributed by atoms with van der Waals surface area (Å²) in [5, 5.41) is 1.43. The summed E-state index contributed by atoms with van der Waals surface area (Å²) >= 11 is 12.2. The number of piperidine rings is 1. The van der Waals surface area contributed by atoms with Crippen LogP contribution in [0.15, 0.2) is 18.2 Å². The van der Waals surface area contributed by atoms with Crippen molar-refractivity contribution >= 4 is 23.2 Å². The third kappa shape index (κ3) is 3.46. The van der Waals surface area contributed by atoms with E-state index in [0.717, 1.165) is 43.4 Å². The van der Waals surface area contributed by atoms with Crippen molar-refractivity contribution in [3.63, 3.8) is 0 Å². The molecule has 3 nitrogen and oxygen atoms in total. The fourth-order valence-corrected chi connectivity index (χ4v) is 3.46. The molecule has 0 aliphatic carbocycles. The number of ether oxygens (including phenoxy) is 2. The Morgan fingerprint density at radius 2 is 2.00 bits per heavy atom. The summed E-state index contributed by atoms with van der Waals surface area (Å²) in [5.41, 5.74) is 1.13. The van der Waals surface area contributed by atoms with Gasteiger partial charge < -0.3 is 9.47 Å². The molecule has 1 aromatic carbocycles. The van der Waals surface area contributed by atoms with E-state index in [0.29, 0.717) is 10.9 Å². The van der Waals surface area contributed by atoms with Gasteiger partial charge in [-0.15, -0.1) is 0 Å². The standard InChI is InChI=1S/C15H19Cl2NO2/c16-13-4-3-11(14(17)8-13)9-18-5-1-2-12(10-18)15-19-6-7-20-15/h3-4,8,12,15H,1-2,5-7,9-10H2. The van der Waals surface area contributed by atoms with Crippen LogP contribution in [0.2, 0.25) is 10.0 Å². The summed E-state index contributed by atoms with van der Waals surface area (Å²) in [6.45, 7) is 4.42. The lowest BCUT2D eigenvalue weighted by molar-refractivity contribution is -0.101. The lowest BCUT2D eigenvalue weighted by Crippen LogP contribution is -2.40. The molecule has 0 spiro atoms. The van der Waals surface area contributed by atoms with Gasteiger partial charge in [-0.05, 0) is 37.1 Å². The van der Waals surface area contributed by atoms with Crippen LogP contribution < -0.4 is 0 Å². The SMILES string of the molecule is Clc1ccc(CN2CCCC(C3OCCO3)C2)c(Cl)c1. The average molecular weight is 316 g/mol. The van der Waals surface area contributed by atoms with E-state index in [2.05, 4.69) is 4.90 Å². The number of rotatable bonds is 3. The summed E-state index contributed by atoms with van der Waals surface area (Å²) < 4.78 is 11.3. The maximum absolute atomic E-state index is 6.25. The van der Waals surface area contributed by atoms with Crippen LogP contribution in [-0.4, -0.2) is 37.5 Å². The second-order valence-corrected chi connectivity index (χ2v) is 6.33. The molecule has 5 heteroatoms. The largest absolute Gasteiger partial charge is 0.350 e. The second kappa shape index (κ2) is 6.63. The monoisotopic (exact) mass is 315 g/mol. The Balaban J connectivity index is 1.62. The van der Waals surface area contributed by atoms with Crippen molar-refractivity contribution < 1.29 is 9.47 Å². The first-order valence-corrected chi connectivity index (χ1v) is 7.87. The van der Waals surface area contributed by atoms with Gasteiger partial charge in [0.2, 0.25) is 0 Å². The Labute approximate surface area is 129 Å². The molecule has 2 saturated heterocycles. The first-order valence-electron chi connectivity index (χ1n) is 7.12. The fraction of sp³-hybridized carbons (Fsp3) is 0.600. The molecule has 110 valence electrons. The van der Waals surface area contributed by atoms with Crippen LogP contribution in [0.25, 0.3) is 0 Å². The van der Waals surface area contributed by atoms with Gasteiger partial charge in [0, 0.05) is 29.1 Å². The summed E-state index contributed by atoms with van der Waals surface area (Å²) in [5.74, 6) is 0.470. The molecule has 2 aliphatic rings. The van der Waals surface area contributed by atoms with E-state index in [-0.39, 0.29) is 6.29 Å². The lowest BCUT2D eigenvalue weighted by atomic mass is 9.97. The zero-order valence-corrected chi connectivity index (χ0v) is 12.9. The number of nitrogens with zero attached hydrogens (tertiary/aromatic N) is 1. The van der Waals surface area contributed by atoms with Crippen molar-refractivity contribution in [1.82, 2.24) is 4.90 Å². The van der Waals surface area contributed by atoms with Crippen molar-refractivity contribution in [1.29, 1.82) is 0 Å². The summed E-state index contributed by atoms with van der Waals surface area (Å²) in [7, 11) is 0. The molecular formula is C15H19Cl2NO2. The van der Waals surface area contributed by atoms with E-state index in [4.69, 9.17) is 32.7 Å². The molecule has 0 bridgehead atoms. The molecule has 1 aromatic rings. The van der Waals surface area contributed by atoms with Gasteiger partial charge in [-0.3, -0.25) is 4.90 Å². The summed E-state index contributed by atoms with van der Waals surface area (Å²) in [4.78, 5) is 2.42. The summed E-state index contributed by atoms with van der Waals surface area (Å²) in [6.07, 6.45) is 2.34. The Morgan fingerprint density at radius 3 is 2.75 bits per heavy atom. The minimum atomic E-state index is -0.0153. The van der Waals surface area contributed by atoms with Crippen LogP contribution in [0.1, 0.15) is 18.4 Å². The van der Waals surface area contributed by atoms with E-state index >= 15 is 0 Å². The fourth-order valence-electron chi connectivity index (χ4n) is 3.00. The predicted octanol–water partition coefficient (Wildman–Crippen LogP) is 3.58. The highest BCUT2D eigenvalue weighted by Gasteiger charge is 2.31. The Kier molecular flexibility index (Phi) is 4.84. The molecule has 2 heterocycles. The molecule has 2 fully saturated rings. The highest BCUT2D eigenvalue weighted by atomic mass is 35.5. The third-order valence-corrected chi connectivity index (χ3v) is 4.57. The zero-order chi connectivity index (χ0) is 13.9. The molecule has 3 rings (SSSR count). The van der Waals surface area contributed by atoms with Crippen LogP contribution in [0.4, 0.5) is 0 Å². The Bertz CT molecular complexity index is 463. The van der Waals surface area contributed by atoms with Crippen LogP contribution in [0, 0.1) is 5.92 Å². The molecule has 20 heavy (non-hydrogen) atoms. The van der Waals surface area contributed by atoms with E-state index in [1.807, 2.05) is 18.2 Å². The quantitative estimate of drug-likeness (QED) is 0.851. The van der Waals surface area contributed by atoms with E-state index in [1.54, 1.807) is 0 Å². The molecule has 0 N–H and O–H groups in total. The molecule has 0 amide bonds. The molecule has 1 unspecified atom stereocenters. The van der Waals surface area contributed by atoms with Gasteiger partial charge in [-0.25, -0.2) is 0 Å². The highest BCUT2D eigenvalue weighted by molar-refractivity contribution is 6.35. The number of hydrogen-bond acceptors (Lipinski definition) is 3. The molecule has 0 saturated carbocycles. The highest BCUT2D eigenvalue weighted by Crippen LogP contribution is 2.28. The maximum Gasteiger partial charge on any atom is 0.161 e. The Morgan fingerprint density at radius 1 is 1.20 bits per heavy atom. The number of benzene rings is 1. The van der Waals surface area contributed by atoms with E-state index in [9.17, 15) is 0 Å². The first-order chi connectivity index (χ1) is 9.72. The lowest BCUT2D eigenvalue weighted by Gasteiger charge is -2.34. The zero-order valence-electron chi connectivity index (χ0n) is 11.4. The average Bonchev–Trinajstić information content (AvgIpc) is 2.96. The third-order valence-electron chi connectivity index (χ3n) is 3.98. The number of hydrogen-bond donors (Lipinski definition) is 0. The van der Waals surface area contributed by atoms with Gasteiger partial charge >= 0.3 is 0 Å². The molecule has 1 atom stereocenters. The van der Waals surface area contributed by atoms with Crippen LogP contribution in [0.5, 0.6) is 0 Å². The van der Waals surface area contributed by atoms with Crippen molar-refractivity contribution in [3.05, 3.63) is 33.8 Å². The van der Waals surface area contributed by atoms with Crippen LogP contribution >= 0.6 is 23.2 Å². The van der Waals surface area contributed by atoms with E-state index < -0.39 is 0 Å². The Hall–Kier alpha value is -0.320. The van der Waals surface area contributed by atoms with Gasteiger partial charge in [0.1, 0.15) is 0 Å². The maximum atomic E-state index is 6.25. The topological polar surface area (TPSA) is 21.7 Å². The van der Waals surface area contributed by atoms with Crippen LogP contribution in [0.3, 0.4) is 0 Å². The van der Waals surface area contributed by atoms with Gasteiger partial charge in [0.25, 0.3) is 0 Å². The molecule has 0 aromatic heterocycles. The van der Waals surface area contributed by atoms with Crippen LogP contribution in [-0.2, 0) is 16.0 Å². The predicted molar refractivity (Wildman–Crippen MR) is 80.2 cm³/mol. The smallest absolute Gasteiger partial charge is 0.161 e. The number of likely N-dealkylation sites (tertiary alicyclic amines) is 1. The van der Waals surface area contributed by atoms with Crippen molar-refractivity contribution in [3.8, 4) is 0 Å². The van der Waals surface area contributed by atoms with Crippen molar-refractivity contribution in [2.24, 2.45) is 5.92 Å². The van der Waals surface area contributed by atoms with Crippen molar-refractivity contribution in [2.75, 3.05) is 26.3 Å². The minimum absolute atomic E-state index is 0.0153. The second-order valence-electron chi connectivity index (χ2n) is 5.48. The van der Waals surface area contributed by atoms with Gasteiger partial charge in [0.05, 0.1) is 13.2 Å². The minimum Gasteiger partial charge on any atom is -0.350 e. The molecule has 2 aliphatic heterocycles. The van der Waals surface area contributed by atoms with Gasteiger partial charge in [-0.2, -0.15) is 0 Å². The van der Waals surface area contributed by atoms with Crippen molar-refractivity contribution in [2.45, 2.75) is 25.7 Å². The molecule has 0 radical (unpaired) electrons.